The second-order valence-corrected chi connectivity index (χ2v) is 5.19. The summed E-state index contributed by atoms with van der Waals surface area (Å²) >= 11 is 0. The molecular weight excluding hydrogens is 256 g/mol. The lowest BCUT2D eigenvalue weighted by molar-refractivity contribution is 0.100. The average molecular weight is 278 g/mol. The van der Waals surface area contributed by atoms with Crippen LogP contribution in [-0.4, -0.2) is 41.7 Å². The highest BCUT2D eigenvalue weighted by Gasteiger charge is 2.18. The van der Waals surface area contributed by atoms with Gasteiger partial charge in [0.15, 0.2) is 0 Å². The fourth-order valence-corrected chi connectivity index (χ4v) is 2.37. The van der Waals surface area contributed by atoms with E-state index in [4.69, 9.17) is 10.8 Å². The number of aryl methyl sites for hydroxylation is 2. The lowest BCUT2D eigenvalue weighted by atomic mass is 10.1. The van der Waals surface area contributed by atoms with Gasteiger partial charge < -0.3 is 21.5 Å². The van der Waals surface area contributed by atoms with E-state index >= 15 is 0 Å². The number of nitrogens with two attached hydrogens (primary N) is 1. The molecule has 1 aromatic rings. The number of hydrogen-bond donors (Lipinski definition) is 4. The van der Waals surface area contributed by atoms with E-state index in [1.165, 1.54) is 0 Å². The van der Waals surface area contributed by atoms with Gasteiger partial charge in [-0.15, -0.1) is 0 Å². The Hall–Kier alpha value is -1.66. The summed E-state index contributed by atoms with van der Waals surface area (Å²) in [6.45, 7) is 3.58. The number of nitrogens with one attached hydrogen (secondary N) is 2. The molecule has 0 aliphatic heterocycles. The number of carbonyl (C=O) groups is 1. The number of aliphatic hydroxyl groups excluding tert-OH is 1. The van der Waals surface area contributed by atoms with E-state index in [-0.39, 0.29) is 6.10 Å². The van der Waals surface area contributed by atoms with Crippen molar-refractivity contribution in [2.45, 2.75) is 32.3 Å². The van der Waals surface area contributed by atoms with Gasteiger partial charge in [0, 0.05) is 25.3 Å². The van der Waals surface area contributed by atoms with Crippen LogP contribution in [0.1, 0.15) is 35.0 Å². The molecule has 1 unspecified atom stereocenters. The number of amides is 1. The summed E-state index contributed by atoms with van der Waals surface area (Å²) in [6.07, 6.45) is 2.65. The first-order valence-corrected chi connectivity index (χ1v) is 7.03. The molecule has 2 rings (SSSR count). The van der Waals surface area contributed by atoms with Gasteiger partial charge in [0.2, 0.25) is 0 Å². The Balaban J connectivity index is 1.98. The molecular formula is C14H22N4O2. The summed E-state index contributed by atoms with van der Waals surface area (Å²) in [5, 5.41) is 15.4. The third kappa shape index (κ3) is 3.68. The molecule has 0 saturated heterocycles. The number of anilines is 1. The number of fused-ring (bicyclic) bond motifs is 1. The molecule has 0 aromatic carbocycles. The molecule has 1 atom stereocenters. The van der Waals surface area contributed by atoms with Crippen molar-refractivity contribution in [2.24, 2.45) is 5.73 Å². The first-order valence-electron chi connectivity index (χ1n) is 7.03. The van der Waals surface area contributed by atoms with Crippen LogP contribution in [0.2, 0.25) is 0 Å². The van der Waals surface area contributed by atoms with Gasteiger partial charge in [0.1, 0.15) is 5.82 Å². The number of carbonyl (C=O) groups excluding carboxylic acids is 1. The third-order valence-corrected chi connectivity index (χ3v) is 3.35. The Morgan fingerprint density at radius 2 is 2.30 bits per heavy atom. The predicted octanol–water partition coefficient (Wildman–Crippen LogP) is 0.0515. The SMILES string of the molecule is CC(O)CNCCNc1nc2c(cc1C(N)=O)CCC2. The number of pyridine rings is 1. The molecule has 1 heterocycles. The number of nitrogens with zero attached hydrogens (tertiary/aromatic N) is 1. The van der Waals surface area contributed by atoms with Crippen molar-refractivity contribution in [3.8, 4) is 0 Å². The Kier molecular flexibility index (Phi) is 4.92. The van der Waals surface area contributed by atoms with Gasteiger partial charge in [-0.3, -0.25) is 4.79 Å². The number of hydrogen-bond acceptors (Lipinski definition) is 5. The van der Waals surface area contributed by atoms with Gasteiger partial charge in [0.05, 0.1) is 11.7 Å². The Morgan fingerprint density at radius 1 is 1.50 bits per heavy atom. The van der Waals surface area contributed by atoms with Crippen molar-refractivity contribution >= 4 is 11.7 Å². The minimum absolute atomic E-state index is 0.366. The summed E-state index contributed by atoms with van der Waals surface area (Å²) in [6, 6.07) is 1.86. The molecule has 110 valence electrons. The molecule has 5 N–H and O–H groups in total. The largest absolute Gasteiger partial charge is 0.392 e. The molecule has 1 aromatic heterocycles. The van der Waals surface area contributed by atoms with Crippen LogP contribution in [0.15, 0.2) is 6.07 Å². The van der Waals surface area contributed by atoms with E-state index in [1.807, 2.05) is 6.07 Å². The first-order chi connectivity index (χ1) is 9.58. The molecule has 1 amide bonds. The molecule has 1 aliphatic carbocycles. The molecule has 0 bridgehead atoms. The van der Waals surface area contributed by atoms with Crippen molar-refractivity contribution in [3.63, 3.8) is 0 Å². The quantitative estimate of drug-likeness (QED) is 0.528. The van der Waals surface area contributed by atoms with Crippen LogP contribution in [-0.2, 0) is 12.8 Å². The highest BCUT2D eigenvalue weighted by Crippen LogP contribution is 2.24. The van der Waals surface area contributed by atoms with Crippen molar-refractivity contribution in [1.29, 1.82) is 0 Å². The maximum Gasteiger partial charge on any atom is 0.252 e. The highest BCUT2D eigenvalue weighted by atomic mass is 16.3. The minimum Gasteiger partial charge on any atom is -0.392 e. The average Bonchev–Trinajstić information content (AvgIpc) is 2.83. The van der Waals surface area contributed by atoms with E-state index in [0.717, 1.165) is 30.5 Å². The minimum atomic E-state index is -0.452. The van der Waals surface area contributed by atoms with Crippen molar-refractivity contribution in [1.82, 2.24) is 10.3 Å². The van der Waals surface area contributed by atoms with E-state index < -0.39 is 5.91 Å². The maximum atomic E-state index is 11.5. The molecule has 6 heteroatoms. The third-order valence-electron chi connectivity index (χ3n) is 3.35. The van der Waals surface area contributed by atoms with Crippen molar-refractivity contribution in [2.75, 3.05) is 25.0 Å². The Morgan fingerprint density at radius 3 is 3.00 bits per heavy atom. The second-order valence-electron chi connectivity index (χ2n) is 5.19. The second kappa shape index (κ2) is 6.67. The molecule has 0 spiro atoms. The van der Waals surface area contributed by atoms with Gasteiger partial charge in [-0.25, -0.2) is 4.98 Å². The Bertz CT molecular complexity index is 488. The topological polar surface area (TPSA) is 100 Å². The zero-order valence-electron chi connectivity index (χ0n) is 11.8. The summed E-state index contributed by atoms with van der Waals surface area (Å²) in [5.41, 5.74) is 8.07. The maximum absolute atomic E-state index is 11.5. The zero-order chi connectivity index (χ0) is 14.5. The van der Waals surface area contributed by atoms with Crippen LogP contribution in [0.3, 0.4) is 0 Å². The van der Waals surface area contributed by atoms with Gasteiger partial charge in [0.25, 0.3) is 5.91 Å². The lowest BCUT2D eigenvalue weighted by Gasteiger charge is -2.12. The molecule has 0 fully saturated rings. The zero-order valence-corrected chi connectivity index (χ0v) is 11.8. The van der Waals surface area contributed by atoms with Crippen LogP contribution >= 0.6 is 0 Å². The highest BCUT2D eigenvalue weighted by molar-refractivity contribution is 5.97. The normalized spacial score (nSPS) is 14.9. The fourth-order valence-electron chi connectivity index (χ4n) is 2.37. The van der Waals surface area contributed by atoms with Crippen LogP contribution < -0.4 is 16.4 Å². The number of aliphatic hydroxyl groups is 1. The van der Waals surface area contributed by atoms with Crippen LogP contribution in [0.4, 0.5) is 5.82 Å². The number of rotatable bonds is 7. The van der Waals surface area contributed by atoms with Gasteiger partial charge in [-0.1, -0.05) is 0 Å². The van der Waals surface area contributed by atoms with E-state index in [0.29, 0.717) is 31.0 Å². The summed E-state index contributed by atoms with van der Waals surface area (Å²) in [4.78, 5) is 16.0. The fraction of sp³-hybridized carbons (Fsp3) is 0.571. The van der Waals surface area contributed by atoms with Crippen molar-refractivity contribution < 1.29 is 9.90 Å². The summed E-state index contributed by atoms with van der Waals surface area (Å²) < 4.78 is 0. The van der Waals surface area contributed by atoms with Crippen LogP contribution in [0.25, 0.3) is 0 Å². The van der Waals surface area contributed by atoms with Gasteiger partial charge in [-0.05, 0) is 37.8 Å². The van der Waals surface area contributed by atoms with Gasteiger partial charge >= 0.3 is 0 Å². The van der Waals surface area contributed by atoms with E-state index in [1.54, 1.807) is 6.92 Å². The standard InChI is InChI=1S/C14H22N4O2/c1-9(19)8-16-5-6-17-14-11(13(15)20)7-10-3-2-4-12(10)18-14/h7,9,16,19H,2-6,8H2,1H3,(H2,15,20)(H,17,18). The molecule has 1 aliphatic rings. The predicted molar refractivity (Wildman–Crippen MR) is 77.8 cm³/mol. The molecule has 0 saturated carbocycles. The summed E-state index contributed by atoms with van der Waals surface area (Å²) in [7, 11) is 0. The van der Waals surface area contributed by atoms with Crippen LogP contribution in [0.5, 0.6) is 0 Å². The Labute approximate surface area is 118 Å². The lowest BCUT2D eigenvalue weighted by Crippen LogP contribution is -2.29. The first kappa shape index (κ1) is 14.7. The van der Waals surface area contributed by atoms with Crippen LogP contribution in [0, 0.1) is 0 Å². The van der Waals surface area contributed by atoms with Crippen molar-refractivity contribution in [3.05, 3.63) is 22.9 Å². The smallest absolute Gasteiger partial charge is 0.252 e. The molecule has 20 heavy (non-hydrogen) atoms. The molecule has 6 nitrogen and oxygen atoms in total. The number of primary amides is 1. The monoisotopic (exact) mass is 278 g/mol. The number of aromatic nitrogens is 1. The van der Waals surface area contributed by atoms with E-state index in [2.05, 4.69) is 15.6 Å². The molecule has 0 radical (unpaired) electrons. The summed E-state index contributed by atoms with van der Waals surface area (Å²) in [5.74, 6) is 0.114. The van der Waals surface area contributed by atoms with E-state index in [9.17, 15) is 4.79 Å². The van der Waals surface area contributed by atoms with Gasteiger partial charge in [-0.2, -0.15) is 0 Å².